The fourth-order valence-electron chi connectivity index (χ4n) is 2.31. The van der Waals surface area contributed by atoms with E-state index in [9.17, 15) is 0 Å². The molecule has 2 heterocycles. The first-order chi connectivity index (χ1) is 9.85. The van der Waals surface area contributed by atoms with Gasteiger partial charge in [-0.1, -0.05) is 6.07 Å². The van der Waals surface area contributed by atoms with Gasteiger partial charge in [0.1, 0.15) is 5.75 Å². The van der Waals surface area contributed by atoms with Crippen molar-refractivity contribution in [3.05, 3.63) is 41.7 Å². The summed E-state index contributed by atoms with van der Waals surface area (Å²) in [5, 5.41) is 6.60. The first-order valence-electron chi connectivity index (χ1n) is 6.82. The number of nitrogens with one attached hydrogen (secondary N) is 2. The highest BCUT2D eigenvalue weighted by molar-refractivity contribution is 5.56. The molecule has 0 aliphatic carbocycles. The first-order valence-corrected chi connectivity index (χ1v) is 6.82. The minimum atomic E-state index is 0.638. The Morgan fingerprint density at radius 2 is 2.15 bits per heavy atom. The summed E-state index contributed by atoms with van der Waals surface area (Å²) in [6.45, 7) is 1.97. The lowest BCUT2D eigenvalue weighted by Crippen LogP contribution is -2.16. The number of ether oxygens (including phenoxy) is 1. The maximum absolute atomic E-state index is 5.21. The van der Waals surface area contributed by atoms with Crippen molar-refractivity contribution in [2.24, 2.45) is 0 Å². The van der Waals surface area contributed by atoms with Crippen LogP contribution in [0.3, 0.4) is 0 Å². The molecule has 0 saturated carbocycles. The van der Waals surface area contributed by atoms with E-state index in [0.29, 0.717) is 5.95 Å². The Morgan fingerprint density at radius 1 is 1.25 bits per heavy atom. The second kappa shape index (κ2) is 5.88. The van der Waals surface area contributed by atoms with Crippen LogP contribution in [0, 0.1) is 0 Å². The maximum atomic E-state index is 5.21. The molecule has 0 amide bonds. The molecule has 0 radical (unpaired) electrons. The van der Waals surface area contributed by atoms with Gasteiger partial charge in [0.2, 0.25) is 5.95 Å². The average Bonchev–Trinajstić information content (AvgIpc) is 2.72. The predicted octanol–water partition coefficient (Wildman–Crippen LogP) is 1.92. The van der Waals surface area contributed by atoms with Gasteiger partial charge < -0.3 is 15.4 Å². The smallest absolute Gasteiger partial charge is 0.227 e. The molecule has 5 heteroatoms. The van der Waals surface area contributed by atoms with Crippen LogP contribution >= 0.6 is 0 Å². The van der Waals surface area contributed by atoms with E-state index in [-0.39, 0.29) is 0 Å². The number of benzene rings is 1. The van der Waals surface area contributed by atoms with Crippen molar-refractivity contribution < 1.29 is 4.74 Å². The summed E-state index contributed by atoms with van der Waals surface area (Å²) in [7, 11) is 1.66. The summed E-state index contributed by atoms with van der Waals surface area (Å²) >= 11 is 0. The van der Waals surface area contributed by atoms with E-state index < -0.39 is 0 Å². The molecule has 1 aliphatic rings. The third-order valence-corrected chi connectivity index (χ3v) is 3.39. The minimum absolute atomic E-state index is 0.638. The van der Waals surface area contributed by atoms with Crippen molar-refractivity contribution in [1.29, 1.82) is 0 Å². The van der Waals surface area contributed by atoms with Crippen LogP contribution in [0.15, 0.2) is 30.5 Å². The molecular weight excluding hydrogens is 252 g/mol. The standard InChI is InChI=1S/C15H18N4O/c1-20-13-4-2-3-12(9-13)18-15-17-10-11-5-7-16-8-6-14(11)19-15/h2-4,9-10,16H,5-8H2,1H3,(H,17,18,19). The number of hydrogen-bond acceptors (Lipinski definition) is 5. The zero-order valence-corrected chi connectivity index (χ0v) is 11.5. The highest BCUT2D eigenvalue weighted by Gasteiger charge is 2.10. The van der Waals surface area contributed by atoms with Crippen LogP contribution in [-0.2, 0) is 12.8 Å². The monoisotopic (exact) mass is 270 g/mol. The molecule has 2 aromatic rings. The van der Waals surface area contributed by atoms with E-state index in [1.165, 1.54) is 5.56 Å². The molecule has 20 heavy (non-hydrogen) atoms. The maximum Gasteiger partial charge on any atom is 0.227 e. The van der Waals surface area contributed by atoms with E-state index in [4.69, 9.17) is 4.74 Å². The third kappa shape index (κ3) is 2.88. The fourth-order valence-corrected chi connectivity index (χ4v) is 2.31. The van der Waals surface area contributed by atoms with E-state index in [1.54, 1.807) is 7.11 Å². The molecule has 0 unspecified atom stereocenters. The van der Waals surface area contributed by atoms with Crippen LogP contribution in [0.4, 0.5) is 11.6 Å². The van der Waals surface area contributed by atoms with Gasteiger partial charge in [0, 0.05) is 30.9 Å². The van der Waals surface area contributed by atoms with Crippen molar-refractivity contribution in [2.75, 3.05) is 25.5 Å². The Balaban J connectivity index is 1.82. The van der Waals surface area contributed by atoms with Gasteiger partial charge in [0.05, 0.1) is 12.8 Å². The lowest BCUT2D eigenvalue weighted by Gasteiger charge is -2.09. The van der Waals surface area contributed by atoms with E-state index in [2.05, 4.69) is 20.6 Å². The van der Waals surface area contributed by atoms with Crippen molar-refractivity contribution in [2.45, 2.75) is 12.8 Å². The molecule has 0 fully saturated rings. The molecule has 1 aromatic heterocycles. The Labute approximate surface area is 118 Å². The van der Waals surface area contributed by atoms with Crippen LogP contribution in [-0.4, -0.2) is 30.2 Å². The molecule has 0 bridgehead atoms. The molecule has 1 aromatic carbocycles. The van der Waals surface area contributed by atoms with Gasteiger partial charge in [0.25, 0.3) is 0 Å². The molecule has 104 valence electrons. The van der Waals surface area contributed by atoms with Gasteiger partial charge in [-0.25, -0.2) is 9.97 Å². The van der Waals surface area contributed by atoms with Crippen molar-refractivity contribution in [1.82, 2.24) is 15.3 Å². The van der Waals surface area contributed by atoms with Crippen molar-refractivity contribution >= 4 is 11.6 Å². The van der Waals surface area contributed by atoms with E-state index in [1.807, 2.05) is 30.5 Å². The lowest BCUT2D eigenvalue weighted by atomic mass is 10.1. The van der Waals surface area contributed by atoms with E-state index in [0.717, 1.165) is 43.1 Å². The second-order valence-electron chi connectivity index (χ2n) is 4.77. The lowest BCUT2D eigenvalue weighted by molar-refractivity contribution is 0.415. The number of nitrogens with zero attached hydrogens (tertiary/aromatic N) is 2. The molecule has 0 spiro atoms. The number of hydrogen-bond donors (Lipinski definition) is 2. The normalized spacial score (nSPS) is 14.2. The van der Waals surface area contributed by atoms with Crippen LogP contribution < -0.4 is 15.4 Å². The zero-order valence-electron chi connectivity index (χ0n) is 11.5. The summed E-state index contributed by atoms with van der Waals surface area (Å²) in [5.41, 5.74) is 3.30. The van der Waals surface area contributed by atoms with Gasteiger partial charge in [-0.15, -0.1) is 0 Å². The highest BCUT2D eigenvalue weighted by Crippen LogP contribution is 2.20. The molecule has 5 nitrogen and oxygen atoms in total. The van der Waals surface area contributed by atoms with Gasteiger partial charge in [-0.05, 0) is 30.7 Å². The Kier molecular flexibility index (Phi) is 3.78. The van der Waals surface area contributed by atoms with Crippen molar-refractivity contribution in [3.63, 3.8) is 0 Å². The average molecular weight is 270 g/mol. The number of aromatic nitrogens is 2. The van der Waals surface area contributed by atoms with Gasteiger partial charge in [-0.2, -0.15) is 0 Å². The quantitative estimate of drug-likeness (QED) is 0.892. The van der Waals surface area contributed by atoms with Gasteiger partial charge in [-0.3, -0.25) is 0 Å². The fraction of sp³-hybridized carbons (Fsp3) is 0.333. The zero-order chi connectivity index (χ0) is 13.8. The topological polar surface area (TPSA) is 59.1 Å². The molecule has 2 N–H and O–H groups in total. The second-order valence-corrected chi connectivity index (χ2v) is 4.77. The molecule has 0 atom stereocenters. The van der Waals surface area contributed by atoms with Crippen LogP contribution in [0.1, 0.15) is 11.3 Å². The number of fused-ring (bicyclic) bond motifs is 1. The first kappa shape index (κ1) is 12.9. The number of methoxy groups -OCH3 is 1. The van der Waals surface area contributed by atoms with Gasteiger partial charge in [0.15, 0.2) is 0 Å². The minimum Gasteiger partial charge on any atom is -0.497 e. The Bertz CT molecular complexity index is 600. The molecule has 0 saturated heterocycles. The van der Waals surface area contributed by atoms with Crippen LogP contribution in [0.25, 0.3) is 0 Å². The van der Waals surface area contributed by atoms with Gasteiger partial charge >= 0.3 is 0 Å². The molecular formula is C15H18N4O. The highest BCUT2D eigenvalue weighted by atomic mass is 16.5. The SMILES string of the molecule is COc1cccc(Nc2ncc3c(n2)CCNCC3)c1. The molecule has 3 rings (SSSR count). The predicted molar refractivity (Wildman–Crippen MR) is 78.6 cm³/mol. The summed E-state index contributed by atoms with van der Waals surface area (Å²) in [6.07, 6.45) is 3.87. The Hall–Kier alpha value is -2.14. The number of anilines is 2. The molecule has 1 aliphatic heterocycles. The third-order valence-electron chi connectivity index (χ3n) is 3.39. The Morgan fingerprint density at radius 3 is 3.05 bits per heavy atom. The van der Waals surface area contributed by atoms with Crippen LogP contribution in [0.5, 0.6) is 5.75 Å². The summed E-state index contributed by atoms with van der Waals surface area (Å²) < 4.78 is 5.21. The summed E-state index contributed by atoms with van der Waals surface area (Å²) in [5.74, 6) is 1.45. The summed E-state index contributed by atoms with van der Waals surface area (Å²) in [6, 6.07) is 7.75. The largest absolute Gasteiger partial charge is 0.497 e. The van der Waals surface area contributed by atoms with E-state index >= 15 is 0 Å². The van der Waals surface area contributed by atoms with Crippen molar-refractivity contribution in [3.8, 4) is 5.75 Å². The van der Waals surface area contributed by atoms with Crippen LogP contribution in [0.2, 0.25) is 0 Å². The summed E-state index contributed by atoms with van der Waals surface area (Å²) in [4.78, 5) is 9.01. The number of rotatable bonds is 3.